The maximum absolute atomic E-state index is 13.1. The number of rotatable bonds is 6. The fraction of sp³-hybridized carbons (Fsp3) is 0.182. The van der Waals surface area contributed by atoms with Crippen molar-refractivity contribution in [1.29, 1.82) is 0 Å². The zero-order chi connectivity index (χ0) is 22.8. The molecule has 2 aromatic carbocycles. The number of sulfonamides is 1. The molecule has 0 fully saturated rings. The van der Waals surface area contributed by atoms with Gasteiger partial charge >= 0.3 is 0 Å². The third-order valence-electron chi connectivity index (χ3n) is 5.05. The Morgan fingerprint density at radius 2 is 1.84 bits per heavy atom. The molecule has 0 saturated heterocycles. The summed E-state index contributed by atoms with van der Waals surface area (Å²) in [6.45, 7) is 3.60. The number of carbonyl (C=O) groups is 2. The highest BCUT2D eigenvalue weighted by Gasteiger charge is 2.21. The molecule has 8 nitrogen and oxygen atoms in total. The SMILES string of the molecule is Cc1ccc(C(=O)N(C)C(C)c2cccc(S(N)(=O)=O)c2)cc1NC(=O)c1ccco1. The normalized spacial score (nSPS) is 12.3. The standard InChI is InChI=1S/C22H23N3O5S/c1-14-9-10-17(13-19(14)24-21(26)20-8-5-11-30-20)22(27)25(3)15(2)16-6-4-7-18(12-16)31(23,28)29/h4-13,15H,1-3H3,(H,24,26)(H2,23,28,29). The summed E-state index contributed by atoms with van der Waals surface area (Å²) >= 11 is 0. The molecule has 3 N–H and O–H groups in total. The Morgan fingerprint density at radius 1 is 1.10 bits per heavy atom. The highest BCUT2D eigenvalue weighted by molar-refractivity contribution is 7.89. The van der Waals surface area contributed by atoms with Gasteiger partial charge in [-0.3, -0.25) is 9.59 Å². The molecule has 0 bridgehead atoms. The fourth-order valence-electron chi connectivity index (χ4n) is 3.04. The van der Waals surface area contributed by atoms with Gasteiger partial charge in [0.2, 0.25) is 10.0 Å². The van der Waals surface area contributed by atoms with Gasteiger partial charge in [-0.05, 0) is 61.4 Å². The molecule has 1 aromatic heterocycles. The lowest BCUT2D eigenvalue weighted by molar-refractivity contribution is 0.0742. The van der Waals surface area contributed by atoms with E-state index in [4.69, 9.17) is 9.56 Å². The Balaban J connectivity index is 1.83. The van der Waals surface area contributed by atoms with Crippen molar-refractivity contribution in [2.45, 2.75) is 24.8 Å². The predicted molar refractivity (Wildman–Crippen MR) is 116 cm³/mol. The number of anilines is 1. The maximum Gasteiger partial charge on any atom is 0.291 e. The number of carbonyl (C=O) groups excluding carboxylic acids is 2. The number of hydrogen-bond acceptors (Lipinski definition) is 5. The molecule has 31 heavy (non-hydrogen) atoms. The second kappa shape index (κ2) is 8.75. The summed E-state index contributed by atoms with van der Waals surface area (Å²) in [7, 11) is -2.23. The molecule has 0 aliphatic rings. The van der Waals surface area contributed by atoms with Crippen LogP contribution in [-0.4, -0.2) is 32.2 Å². The minimum atomic E-state index is -3.85. The lowest BCUT2D eigenvalue weighted by atomic mass is 10.0. The van der Waals surface area contributed by atoms with Crippen LogP contribution in [0.2, 0.25) is 0 Å². The van der Waals surface area contributed by atoms with Crippen molar-refractivity contribution in [3.63, 3.8) is 0 Å². The molecule has 3 rings (SSSR count). The summed E-state index contributed by atoms with van der Waals surface area (Å²) in [5, 5.41) is 7.96. The van der Waals surface area contributed by atoms with Crippen molar-refractivity contribution >= 4 is 27.5 Å². The monoisotopic (exact) mass is 441 g/mol. The van der Waals surface area contributed by atoms with Crippen LogP contribution in [0.3, 0.4) is 0 Å². The largest absolute Gasteiger partial charge is 0.459 e. The van der Waals surface area contributed by atoms with Gasteiger partial charge in [-0.15, -0.1) is 0 Å². The van der Waals surface area contributed by atoms with E-state index in [-0.39, 0.29) is 16.6 Å². The number of nitrogens with one attached hydrogen (secondary N) is 1. The van der Waals surface area contributed by atoms with Crippen LogP contribution in [0.15, 0.2) is 70.2 Å². The first kappa shape index (κ1) is 22.3. The van der Waals surface area contributed by atoms with Gasteiger partial charge in [-0.1, -0.05) is 18.2 Å². The number of furan rings is 1. The van der Waals surface area contributed by atoms with E-state index >= 15 is 0 Å². The first-order chi connectivity index (χ1) is 14.6. The predicted octanol–water partition coefficient (Wildman–Crippen LogP) is 3.32. The molecule has 2 amide bonds. The van der Waals surface area contributed by atoms with Gasteiger partial charge < -0.3 is 14.6 Å². The zero-order valence-corrected chi connectivity index (χ0v) is 18.1. The van der Waals surface area contributed by atoms with E-state index in [2.05, 4.69) is 5.32 Å². The molecule has 0 aliphatic carbocycles. The van der Waals surface area contributed by atoms with Gasteiger partial charge in [-0.2, -0.15) is 0 Å². The first-order valence-corrected chi connectivity index (χ1v) is 11.0. The van der Waals surface area contributed by atoms with Gasteiger partial charge in [0.1, 0.15) is 0 Å². The van der Waals surface area contributed by atoms with Crippen LogP contribution in [0.4, 0.5) is 5.69 Å². The number of nitrogens with zero attached hydrogens (tertiary/aromatic N) is 1. The molecule has 0 radical (unpaired) electrons. The smallest absolute Gasteiger partial charge is 0.291 e. The van der Waals surface area contributed by atoms with Gasteiger partial charge in [0.25, 0.3) is 11.8 Å². The highest BCUT2D eigenvalue weighted by atomic mass is 32.2. The lowest BCUT2D eigenvalue weighted by Crippen LogP contribution is -2.30. The topological polar surface area (TPSA) is 123 Å². The van der Waals surface area contributed by atoms with Crippen molar-refractivity contribution < 1.29 is 22.4 Å². The van der Waals surface area contributed by atoms with Crippen molar-refractivity contribution in [3.05, 3.63) is 83.3 Å². The van der Waals surface area contributed by atoms with Crippen molar-refractivity contribution in [2.75, 3.05) is 12.4 Å². The molecule has 0 aliphatic heterocycles. The Bertz CT molecular complexity index is 1220. The molecule has 1 heterocycles. The summed E-state index contributed by atoms with van der Waals surface area (Å²) < 4.78 is 28.4. The molecular weight excluding hydrogens is 418 g/mol. The van der Waals surface area contributed by atoms with Crippen LogP contribution in [-0.2, 0) is 10.0 Å². The van der Waals surface area contributed by atoms with E-state index in [9.17, 15) is 18.0 Å². The summed E-state index contributed by atoms with van der Waals surface area (Å²) in [5.41, 5.74) is 2.27. The van der Waals surface area contributed by atoms with Crippen LogP contribution in [0.5, 0.6) is 0 Å². The zero-order valence-electron chi connectivity index (χ0n) is 17.3. The quantitative estimate of drug-likeness (QED) is 0.607. The van der Waals surface area contributed by atoms with Crippen molar-refractivity contribution in [2.24, 2.45) is 5.14 Å². The molecule has 162 valence electrons. The number of hydrogen-bond donors (Lipinski definition) is 2. The molecule has 9 heteroatoms. The number of amides is 2. The van der Waals surface area contributed by atoms with Gasteiger partial charge in [-0.25, -0.2) is 13.6 Å². The number of primary sulfonamides is 1. The second-order valence-corrected chi connectivity index (χ2v) is 8.73. The Labute approximate surface area is 180 Å². The summed E-state index contributed by atoms with van der Waals surface area (Å²) in [5.74, 6) is -0.544. The van der Waals surface area contributed by atoms with Gasteiger partial charge in [0.05, 0.1) is 17.2 Å². The molecule has 1 atom stereocenters. The summed E-state index contributed by atoms with van der Waals surface area (Å²) in [6, 6.07) is 13.9. The minimum Gasteiger partial charge on any atom is -0.459 e. The third-order valence-corrected chi connectivity index (χ3v) is 5.96. The van der Waals surface area contributed by atoms with Crippen molar-refractivity contribution in [1.82, 2.24) is 4.90 Å². The Kier molecular flexibility index (Phi) is 6.28. The van der Waals surface area contributed by atoms with Crippen molar-refractivity contribution in [3.8, 4) is 0 Å². The van der Waals surface area contributed by atoms with Crippen LogP contribution in [0, 0.1) is 6.92 Å². The van der Waals surface area contributed by atoms with Crippen LogP contribution in [0.1, 0.15) is 45.0 Å². The van der Waals surface area contributed by atoms with Crippen LogP contribution in [0.25, 0.3) is 0 Å². The van der Waals surface area contributed by atoms with E-state index in [1.165, 1.54) is 23.3 Å². The van der Waals surface area contributed by atoms with E-state index in [1.54, 1.807) is 56.4 Å². The van der Waals surface area contributed by atoms with Crippen LogP contribution < -0.4 is 10.5 Å². The summed E-state index contributed by atoms with van der Waals surface area (Å²) in [4.78, 5) is 26.8. The maximum atomic E-state index is 13.1. The third kappa shape index (κ3) is 5.01. The molecule has 0 spiro atoms. The minimum absolute atomic E-state index is 0.0176. The Morgan fingerprint density at radius 3 is 2.48 bits per heavy atom. The summed E-state index contributed by atoms with van der Waals surface area (Å²) in [6.07, 6.45) is 1.41. The number of aryl methyl sites for hydroxylation is 1. The average Bonchev–Trinajstić information content (AvgIpc) is 3.28. The van der Waals surface area contributed by atoms with E-state index < -0.39 is 22.0 Å². The number of benzene rings is 2. The second-order valence-electron chi connectivity index (χ2n) is 7.17. The average molecular weight is 442 g/mol. The first-order valence-electron chi connectivity index (χ1n) is 9.43. The molecule has 1 unspecified atom stereocenters. The molecular formula is C22H23N3O5S. The van der Waals surface area contributed by atoms with Gasteiger partial charge in [0.15, 0.2) is 5.76 Å². The van der Waals surface area contributed by atoms with E-state index in [0.29, 0.717) is 16.8 Å². The fourth-order valence-corrected chi connectivity index (χ4v) is 3.60. The van der Waals surface area contributed by atoms with E-state index in [1.807, 2.05) is 6.92 Å². The van der Waals surface area contributed by atoms with Crippen LogP contribution >= 0.6 is 0 Å². The Hall–Kier alpha value is -3.43. The number of nitrogens with two attached hydrogens (primary N) is 1. The highest BCUT2D eigenvalue weighted by Crippen LogP contribution is 2.25. The molecule has 3 aromatic rings. The molecule has 0 saturated carbocycles. The van der Waals surface area contributed by atoms with Gasteiger partial charge in [0, 0.05) is 18.3 Å². The lowest BCUT2D eigenvalue weighted by Gasteiger charge is -2.26. The van der Waals surface area contributed by atoms with E-state index in [0.717, 1.165) is 5.56 Å².